The third-order valence-electron chi connectivity index (χ3n) is 5.64. The predicted octanol–water partition coefficient (Wildman–Crippen LogP) is 4.22. The van der Waals surface area contributed by atoms with Gasteiger partial charge < -0.3 is 15.2 Å². The number of para-hydroxylation sites is 1. The van der Waals surface area contributed by atoms with Crippen molar-refractivity contribution in [2.45, 2.75) is 31.7 Å². The van der Waals surface area contributed by atoms with Crippen LogP contribution in [0.25, 0.3) is 10.9 Å². The Morgan fingerprint density at radius 3 is 2.56 bits per heavy atom. The lowest BCUT2D eigenvalue weighted by atomic mass is 9.98. The van der Waals surface area contributed by atoms with E-state index in [1.807, 2.05) is 49.5 Å². The fraction of sp³-hybridized carbons (Fsp3) is 0.348. The molecule has 4 rings (SSSR count). The van der Waals surface area contributed by atoms with Gasteiger partial charge in [0, 0.05) is 23.6 Å². The molecule has 2 heterocycles. The largest absolute Gasteiger partial charge is 0.361 e. The molecule has 2 atom stereocenters. The van der Waals surface area contributed by atoms with E-state index in [2.05, 4.69) is 33.4 Å². The number of carbonyl (C=O) groups is 1. The highest BCUT2D eigenvalue weighted by molar-refractivity contribution is 5.91. The molecule has 1 aliphatic rings. The van der Waals surface area contributed by atoms with E-state index in [0.29, 0.717) is 0 Å². The van der Waals surface area contributed by atoms with Gasteiger partial charge in [-0.3, -0.25) is 4.79 Å². The Morgan fingerprint density at radius 2 is 1.78 bits per heavy atom. The summed E-state index contributed by atoms with van der Waals surface area (Å²) >= 11 is 0. The van der Waals surface area contributed by atoms with E-state index >= 15 is 0 Å². The molecule has 2 N–H and O–H groups in total. The molecule has 1 saturated heterocycles. The van der Waals surface area contributed by atoms with Gasteiger partial charge in [-0.05, 0) is 50.0 Å². The molecule has 3 aromatic rings. The van der Waals surface area contributed by atoms with Gasteiger partial charge in [0.2, 0.25) is 5.91 Å². The van der Waals surface area contributed by atoms with Crippen LogP contribution in [-0.2, 0) is 4.79 Å². The third-order valence-corrected chi connectivity index (χ3v) is 5.64. The molecule has 0 saturated carbocycles. The Hall–Kier alpha value is -2.59. The molecule has 0 radical (unpaired) electrons. The van der Waals surface area contributed by atoms with Crippen molar-refractivity contribution in [1.29, 1.82) is 0 Å². The van der Waals surface area contributed by atoms with Crippen molar-refractivity contribution in [3.05, 3.63) is 71.9 Å². The van der Waals surface area contributed by atoms with Gasteiger partial charge in [0.1, 0.15) is 0 Å². The summed E-state index contributed by atoms with van der Waals surface area (Å²) in [5, 5.41) is 4.44. The first kappa shape index (κ1) is 17.8. The maximum Gasteiger partial charge on any atom is 0.227 e. The molecule has 140 valence electrons. The first-order valence-electron chi connectivity index (χ1n) is 9.86. The van der Waals surface area contributed by atoms with Gasteiger partial charge in [0.05, 0.1) is 12.0 Å². The fourth-order valence-corrected chi connectivity index (χ4v) is 4.03. The Kier molecular flexibility index (Phi) is 5.26. The molecule has 1 fully saturated rings. The molecule has 0 bridgehead atoms. The smallest absolute Gasteiger partial charge is 0.227 e. The van der Waals surface area contributed by atoms with Crippen LogP contribution < -0.4 is 5.32 Å². The molecule has 0 spiro atoms. The number of nitrogens with one attached hydrogen (secondary N) is 2. The molecule has 2 aromatic carbocycles. The topological polar surface area (TPSA) is 48.1 Å². The van der Waals surface area contributed by atoms with Crippen molar-refractivity contribution in [3.8, 4) is 0 Å². The minimum atomic E-state index is -0.203. The van der Waals surface area contributed by atoms with E-state index in [0.717, 1.165) is 36.1 Å². The zero-order chi connectivity index (χ0) is 18.6. The van der Waals surface area contributed by atoms with Gasteiger partial charge in [-0.1, -0.05) is 48.5 Å². The predicted molar refractivity (Wildman–Crippen MR) is 110 cm³/mol. The summed E-state index contributed by atoms with van der Waals surface area (Å²) in [6.45, 7) is 5.10. The van der Waals surface area contributed by atoms with Crippen LogP contribution in [0.15, 0.2) is 60.8 Å². The standard InChI is InChI=1S/C23H27N3O/c1-17(20-15-24-21-12-6-5-11-19(20)21)23(27)25-22(16-26-13-7-8-14-26)18-9-3-2-4-10-18/h2-6,9-12,15,17,22,24H,7-8,13-14,16H2,1H3,(H,25,27)/t17?,22-/m1/s1. The first-order chi connectivity index (χ1) is 13.2. The summed E-state index contributed by atoms with van der Waals surface area (Å²) in [7, 11) is 0. The van der Waals surface area contributed by atoms with Crippen LogP contribution in [0, 0.1) is 0 Å². The number of hydrogen-bond acceptors (Lipinski definition) is 2. The Bertz CT molecular complexity index is 896. The molecule has 4 heteroatoms. The second-order valence-corrected chi connectivity index (χ2v) is 7.49. The summed E-state index contributed by atoms with van der Waals surface area (Å²) in [6.07, 6.45) is 4.47. The zero-order valence-electron chi connectivity index (χ0n) is 15.8. The van der Waals surface area contributed by atoms with E-state index in [4.69, 9.17) is 0 Å². The lowest BCUT2D eigenvalue weighted by molar-refractivity contribution is -0.123. The van der Waals surface area contributed by atoms with Crippen LogP contribution in [0.4, 0.5) is 0 Å². The number of benzene rings is 2. The maximum atomic E-state index is 13.1. The van der Waals surface area contributed by atoms with Gasteiger partial charge in [-0.15, -0.1) is 0 Å². The summed E-state index contributed by atoms with van der Waals surface area (Å²) in [5.74, 6) is -0.126. The van der Waals surface area contributed by atoms with Crippen molar-refractivity contribution >= 4 is 16.8 Å². The van der Waals surface area contributed by atoms with Crippen LogP contribution in [-0.4, -0.2) is 35.4 Å². The minimum absolute atomic E-state index is 0.0180. The molecular formula is C23H27N3O. The fourth-order valence-electron chi connectivity index (χ4n) is 4.03. The molecule has 1 aromatic heterocycles. The van der Waals surface area contributed by atoms with Crippen molar-refractivity contribution in [3.63, 3.8) is 0 Å². The summed E-state index contributed by atoms with van der Waals surface area (Å²) in [5.41, 5.74) is 3.30. The van der Waals surface area contributed by atoms with Gasteiger partial charge in [-0.2, -0.15) is 0 Å². The first-order valence-corrected chi connectivity index (χ1v) is 9.86. The lowest BCUT2D eigenvalue weighted by Gasteiger charge is -2.26. The van der Waals surface area contributed by atoms with Crippen molar-refractivity contribution < 1.29 is 4.79 Å². The van der Waals surface area contributed by atoms with Crippen LogP contribution in [0.1, 0.15) is 42.9 Å². The molecular weight excluding hydrogens is 334 g/mol. The number of hydrogen-bond donors (Lipinski definition) is 2. The van der Waals surface area contributed by atoms with Gasteiger partial charge in [0.25, 0.3) is 0 Å². The zero-order valence-corrected chi connectivity index (χ0v) is 15.8. The van der Waals surface area contributed by atoms with Crippen LogP contribution in [0.2, 0.25) is 0 Å². The highest BCUT2D eigenvalue weighted by atomic mass is 16.1. The summed E-state index contributed by atoms with van der Waals surface area (Å²) in [6, 6.07) is 18.5. The monoisotopic (exact) mass is 361 g/mol. The second-order valence-electron chi connectivity index (χ2n) is 7.49. The average Bonchev–Trinajstić information content (AvgIpc) is 3.37. The maximum absolute atomic E-state index is 13.1. The number of rotatable bonds is 6. The minimum Gasteiger partial charge on any atom is -0.361 e. The van der Waals surface area contributed by atoms with Crippen LogP contribution in [0.3, 0.4) is 0 Å². The molecule has 0 aliphatic carbocycles. The van der Waals surface area contributed by atoms with Crippen LogP contribution in [0.5, 0.6) is 0 Å². The lowest BCUT2D eigenvalue weighted by Crippen LogP contribution is -2.38. The Labute approximate surface area is 160 Å². The van der Waals surface area contributed by atoms with Crippen LogP contribution >= 0.6 is 0 Å². The molecule has 1 amide bonds. The third kappa shape index (κ3) is 3.91. The molecule has 1 aliphatic heterocycles. The normalized spacial score (nSPS) is 17.1. The number of aromatic amines is 1. The second kappa shape index (κ2) is 7.97. The number of H-pyrrole nitrogens is 1. The highest BCUT2D eigenvalue weighted by Crippen LogP contribution is 2.26. The highest BCUT2D eigenvalue weighted by Gasteiger charge is 2.24. The number of amides is 1. The summed E-state index contributed by atoms with van der Waals surface area (Å²) < 4.78 is 0. The summed E-state index contributed by atoms with van der Waals surface area (Å²) in [4.78, 5) is 18.8. The number of fused-ring (bicyclic) bond motifs is 1. The Morgan fingerprint density at radius 1 is 1.07 bits per heavy atom. The quantitative estimate of drug-likeness (QED) is 0.690. The Balaban J connectivity index is 1.53. The number of carbonyl (C=O) groups excluding carboxylic acids is 1. The SMILES string of the molecule is CC(C(=O)N[C@H](CN1CCCC1)c1ccccc1)c1c[nH]c2ccccc12. The van der Waals surface area contributed by atoms with Crippen molar-refractivity contribution in [2.75, 3.05) is 19.6 Å². The van der Waals surface area contributed by atoms with Gasteiger partial charge >= 0.3 is 0 Å². The molecule has 4 nitrogen and oxygen atoms in total. The van der Waals surface area contributed by atoms with E-state index in [-0.39, 0.29) is 17.9 Å². The number of aromatic nitrogens is 1. The van der Waals surface area contributed by atoms with E-state index in [1.165, 1.54) is 18.4 Å². The molecule has 27 heavy (non-hydrogen) atoms. The van der Waals surface area contributed by atoms with E-state index in [1.54, 1.807) is 0 Å². The number of nitrogens with zero attached hydrogens (tertiary/aromatic N) is 1. The van der Waals surface area contributed by atoms with Gasteiger partial charge in [0.15, 0.2) is 0 Å². The van der Waals surface area contributed by atoms with Crippen molar-refractivity contribution in [2.24, 2.45) is 0 Å². The molecule has 1 unspecified atom stereocenters. The van der Waals surface area contributed by atoms with Gasteiger partial charge in [-0.25, -0.2) is 0 Å². The average molecular weight is 361 g/mol. The van der Waals surface area contributed by atoms with Crippen molar-refractivity contribution in [1.82, 2.24) is 15.2 Å². The number of likely N-dealkylation sites (tertiary alicyclic amines) is 1. The van der Waals surface area contributed by atoms with E-state index < -0.39 is 0 Å². The van der Waals surface area contributed by atoms with E-state index in [9.17, 15) is 4.79 Å².